The van der Waals surface area contributed by atoms with E-state index >= 15 is 0 Å². The van der Waals surface area contributed by atoms with Crippen LogP contribution < -0.4 is 0 Å². The lowest BCUT2D eigenvalue weighted by Crippen LogP contribution is -2.60. The molecule has 1 aromatic carbocycles. The summed E-state index contributed by atoms with van der Waals surface area (Å²) in [7, 11) is 0. The molecule has 5 rings (SSSR count). The molecule has 0 aromatic heterocycles. The molecule has 1 amide bonds. The van der Waals surface area contributed by atoms with E-state index in [2.05, 4.69) is 40.1 Å². The Bertz CT molecular complexity index is 652. The first-order valence-electron chi connectivity index (χ1n) is 10.2. The number of nitrogens with zero attached hydrogens (tertiary/aromatic N) is 3. The Kier molecular flexibility index (Phi) is 4.17. The lowest BCUT2D eigenvalue weighted by Gasteiger charge is -2.45. The van der Waals surface area contributed by atoms with Crippen LogP contribution in [0.2, 0.25) is 0 Å². The Balaban J connectivity index is 1.26. The lowest BCUT2D eigenvalue weighted by atomic mass is 9.83. The van der Waals surface area contributed by atoms with Crippen molar-refractivity contribution in [3.8, 4) is 0 Å². The van der Waals surface area contributed by atoms with E-state index in [0.29, 0.717) is 0 Å². The number of rotatable bonds is 4. The number of hydrogen-bond acceptors (Lipinski definition) is 4. The second kappa shape index (κ2) is 6.54. The number of piperazine rings is 1. The Morgan fingerprint density at radius 3 is 2.50 bits per heavy atom. The van der Waals surface area contributed by atoms with E-state index in [1.807, 2.05) is 4.90 Å². The third-order valence-corrected chi connectivity index (χ3v) is 6.76. The number of amides is 1. The molecule has 4 aliphatic rings. The highest BCUT2D eigenvalue weighted by Gasteiger charge is 2.56. The van der Waals surface area contributed by atoms with Crippen LogP contribution in [0.15, 0.2) is 30.3 Å². The van der Waals surface area contributed by atoms with Gasteiger partial charge in [-0.05, 0) is 24.3 Å². The molecule has 1 unspecified atom stereocenters. The van der Waals surface area contributed by atoms with E-state index in [0.717, 1.165) is 58.0 Å². The zero-order chi connectivity index (χ0) is 17.6. The molecule has 0 N–H and O–H groups in total. The molecule has 1 saturated carbocycles. The fourth-order valence-electron chi connectivity index (χ4n) is 5.01. The van der Waals surface area contributed by atoms with E-state index in [1.54, 1.807) is 0 Å². The SMILES string of the molecule is O=C1OC2(CCN(CC3CC3)CC2)C2CN(Cc3ccccc3)CCN12. The average Bonchev–Trinajstić information content (AvgIpc) is 3.44. The number of likely N-dealkylation sites (tertiary alicyclic amines) is 1. The van der Waals surface area contributed by atoms with E-state index < -0.39 is 0 Å². The minimum Gasteiger partial charge on any atom is -0.440 e. The minimum absolute atomic E-state index is 0.0787. The molecule has 1 aliphatic carbocycles. The third kappa shape index (κ3) is 3.12. The van der Waals surface area contributed by atoms with Crippen molar-refractivity contribution in [2.24, 2.45) is 5.92 Å². The number of piperidine rings is 1. The highest BCUT2D eigenvalue weighted by atomic mass is 16.6. The fraction of sp³-hybridized carbons (Fsp3) is 0.667. The van der Waals surface area contributed by atoms with Gasteiger partial charge in [0.2, 0.25) is 0 Å². The molecule has 1 spiro atoms. The van der Waals surface area contributed by atoms with Gasteiger partial charge in [-0.2, -0.15) is 0 Å². The van der Waals surface area contributed by atoms with Gasteiger partial charge in [-0.25, -0.2) is 4.79 Å². The third-order valence-electron chi connectivity index (χ3n) is 6.76. The van der Waals surface area contributed by atoms with Gasteiger partial charge >= 0.3 is 6.09 Å². The first-order valence-corrected chi connectivity index (χ1v) is 10.2. The predicted octanol–water partition coefficient (Wildman–Crippen LogP) is 2.57. The summed E-state index contributed by atoms with van der Waals surface area (Å²) < 4.78 is 6.04. The quantitative estimate of drug-likeness (QED) is 0.832. The van der Waals surface area contributed by atoms with Crippen molar-refractivity contribution in [2.45, 2.75) is 43.9 Å². The standard InChI is InChI=1S/C21H29N3O2/c25-20-24-13-12-23(15-17-4-2-1-3-5-17)16-19(24)21(26-20)8-10-22(11-9-21)14-18-6-7-18/h1-5,18-19H,6-16H2. The van der Waals surface area contributed by atoms with Crippen molar-refractivity contribution in [1.29, 1.82) is 0 Å². The minimum atomic E-state index is -0.257. The van der Waals surface area contributed by atoms with Crippen LogP contribution in [0.3, 0.4) is 0 Å². The van der Waals surface area contributed by atoms with Crippen LogP contribution in [0.1, 0.15) is 31.2 Å². The second-order valence-corrected chi connectivity index (χ2v) is 8.61. The summed E-state index contributed by atoms with van der Waals surface area (Å²) in [4.78, 5) is 19.6. The van der Waals surface area contributed by atoms with Crippen LogP contribution >= 0.6 is 0 Å². The molecular weight excluding hydrogens is 326 g/mol. The van der Waals surface area contributed by atoms with Crippen LogP contribution in [-0.2, 0) is 11.3 Å². The maximum Gasteiger partial charge on any atom is 0.410 e. The summed E-state index contributed by atoms with van der Waals surface area (Å²) in [6, 6.07) is 10.9. The smallest absolute Gasteiger partial charge is 0.410 e. The molecule has 5 heteroatoms. The summed E-state index contributed by atoms with van der Waals surface area (Å²) in [6.45, 7) is 7.03. The van der Waals surface area contributed by atoms with Gasteiger partial charge in [-0.3, -0.25) is 9.80 Å². The predicted molar refractivity (Wildman–Crippen MR) is 99.8 cm³/mol. The van der Waals surface area contributed by atoms with Gasteiger partial charge in [0.05, 0.1) is 6.04 Å². The molecule has 5 nitrogen and oxygen atoms in total. The molecule has 3 aliphatic heterocycles. The maximum atomic E-state index is 12.5. The Morgan fingerprint density at radius 2 is 1.77 bits per heavy atom. The van der Waals surface area contributed by atoms with Crippen molar-refractivity contribution >= 4 is 6.09 Å². The lowest BCUT2D eigenvalue weighted by molar-refractivity contribution is -0.0360. The van der Waals surface area contributed by atoms with Gasteiger partial charge in [0.25, 0.3) is 0 Å². The fourth-order valence-corrected chi connectivity index (χ4v) is 5.01. The van der Waals surface area contributed by atoms with E-state index in [4.69, 9.17) is 4.74 Å². The van der Waals surface area contributed by atoms with Crippen molar-refractivity contribution in [3.63, 3.8) is 0 Å². The Labute approximate surface area is 155 Å². The van der Waals surface area contributed by atoms with E-state index in [1.165, 1.54) is 24.9 Å². The summed E-state index contributed by atoms with van der Waals surface area (Å²) in [5, 5.41) is 0. The highest BCUT2D eigenvalue weighted by molar-refractivity contribution is 5.72. The van der Waals surface area contributed by atoms with Crippen molar-refractivity contribution < 1.29 is 9.53 Å². The summed E-state index contributed by atoms with van der Waals surface area (Å²) >= 11 is 0. The molecule has 0 bridgehead atoms. The van der Waals surface area contributed by atoms with Gasteiger partial charge in [-0.1, -0.05) is 30.3 Å². The Morgan fingerprint density at radius 1 is 1.00 bits per heavy atom. The molecule has 1 atom stereocenters. The first kappa shape index (κ1) is 16.6. The molecule has 26 heavy (non-hydrogen) atoms. The molecule has 1 aromatic rings. The van der Waals surface area contributed by atoms with Crippen LogP contribution in [-0.4, -0.2) is 71.7 Å². The number of benzene rings is 1. The van der Waals surface area contributed by atoms with Gasteiger partial charge in [-0.15, -0.1) is 0 Å². The largest absolute Gasteiger partial charge is 0.440 e. The number of carbonyl (C=O) groups is 1. The van der Waals surface area contributed by atoms with Crippen molar-refractivity contribution in [1.82, 2.24) is 14.7 Å². The van der Waals surface area contributed by atoms with Crippen LogP contribution in [0.25, 0.3) is 0 Å². The zero-order valence-electron chi connectivity index (χ0n) is 15.5. The number of fused-ring (bicyclic) bond motifs is 2. The first-order chi connectivity index (χ1) is 12.7. The molecule has 3 saturated heterocycles. The Hall–Kier alpha value is -1.59. The van der Waals surface area contributed by atoms with Gasteiger partial charge < -0.3 is 9.64 Å². The molecule has 140 valence electrons. The molecular formula is C21H29N3O2. The van der Waals surface area contributed by atoms with Crippen LogP contribution in [0.4, 0.5) is 4.79 Å². The van der Waals surface area contributed by atoms with Crippen molar-refractivity contribution in [2.75, 3.05) is 39.3 Å². The van der Waals surface area contributed by atoms with Crippen LogP contribution in [0, 0.1) is 5.92 Å². The number of carbonyl (C=O) groups excluding carboxylic acids is 1. The molecule has 4 fully saturated rings. The topological polar surface area (TPSA) is 36.0 Å². The highest BCUT2D eigenvalue weighted by Crippen LogP contribution is 2.41. The van der Waals surface area contributed by atoms with Gasteiger partial charge in [0.15, 0.2) is 0 Å². The normalized spacial score (nSPS) is 29.0. The summed E-state index contributed by atoms with van der Waals surface area (Å²) in [5.41, 5.74) is 1.09. The van der Waals surface area contributed by atoms with Crippen LogP contribution in [0.5, 0.6) is 0 Å². The summed E-state index contributed by atoms with van der Waals surface area (Å²) in [6.07, 6.45) is 4.71. The number of ether oxygens (including phenoxy) is 1. The molecule has 0 radical (unpaired) electrons. The van der Waals surface area contributed by atoms with Gasteiger partial charge in [0.1, 0.15) is 5.60 Å². The summed E-state index contributed by atoms with van der Waals surface area (Å²) in [5.74, 6) is 0.933. The van der Waals surface area contributed by atoms with Crippen molar-refractivity contribution in [3.05, 3.63) is 35.9 Å². The van der Waals surface area contributed by atoms with Gasteiger partial charge in [0, 0.05) is 58.7 Å². The number of hydrogen-bond donors (Lipinski definition) is 0. The average molecular weight is 355 g/mol. The monoisotopic (exact) mass is 355 g/mol. The van der Waals surface area contributed by atoms with E-state index in [-0.39, 0.29) is 17.7 Å². The maximum absolute atomic E-state index is 12.5. The zero-order valence-corrected chi connectivity index (χ0v) is 15.5. The van der Waals surface area contributed by atoms with E-state index in [9.17, 15) is 4.79 Å². The second-order valence-electron chi connectivity index (χ2n) is 8.61. The molecule has 3 heterocycles.